The first-order valence-electron chi connectivity index (χ1n) is 5.37. The maximum absolute atomic E-state index is 11.0. The second-order valence-corrected chi connectivity index (χ2v) is 4.60. The van der Waals surface area contributed by atoms with E-state index in [2.05, 4.69) is 0 Å². The van der Waals surface area contributed by atoms with Gasteiger partial charge in [-0.2, -0.15) is 0 Å². The van der Waals surface area contributed by atoms with E-state index in [1.54, 1.807) is 6.92 Å². The second kappa shape index (κ2) is 3.78. The third-order valence-electron chi connectivity index (χ3n) is 2.80. The number of carbonyl (C=O) groups is 1. The molecule has 0 unspecified atom stereocenters. The van der Waals surface area contributed by atoms with Crippen molar-refractivity contribution in [3.05, 3.63) is 35.4 Å². The van der Waals surface area contributed by atoms with Crippen LogP contribution in [0.5, 0.6) is 0 Å². The average Bonchev–Trinajstić information content (AvgIpc) is 2.82. The molecular weight excluding hydrogens is 188 g/mol. The molecule has 15 heavy (non-hydrogen) atoms. The third kappa shape index (κ3) is 2.90. The summed E-state index contributed by atoms with van der Waals surface area (Å²) in [6.45, 7) is 1.60. The minimum atomic E-state index is -0.450. The Labute approximate surface area is 89.9 Å². The maximum Gasteiger partial charge on any atom is 0.134 e. The first kappa shape index (κ1) is 10.4. The van der Waals surface area contributed by atoms with E-state index in [-0.39, 0.29) is 5.78 Å². The molecule has 1 N–H and O–H groups in total. The van der Waals surface area contributed by atoms with Crippen LogP contribution in [0.4, 0.5) is 0 Å². The van der Waals surface area contributed by atoms with E-state index in [0.29, 0.717) is 6.42 Å². The molecule has 0 heterocycles. The second-order valence-electron chi connectivity index (χ2n) is 4.60. The molecule has 1 aromatic rings. The summed E-state index contributed by atoms with van der Waals surface area (Å²) in [6.07, 6.45) is 3.03. The molecule has 1 aliphatic rings. The largest absolute Gasteiger partial charge is 0.390 e. The van der Waals surface area contributed by atoms with Crippen molar-refractivity contribution in [2.24, 2.45) is 0 Å². The lowest BCUT2D eigenvalue weighted by Gasteiger charge is -2.08. The molecule has 0 spiro atoms. The van der Waals surface area contributed by atoms with Crippen molar-refractivity contribution in [1.29, 1.82) is 0 Å². The summed E-state index contributed by atoms with van der Waals surface area (Å²) in [5.41, 5.74) is 1.73. The fourth-order valence-electron chi connectivity index (χ4n) is 1.84. The van der Waals surface area contributed by atoms with Crippen LogP contribution in [0, 0.1) is 0 Å². The molecule has 0 amide bonds. The molecule has 80 valence electrons. The van der Waals surface area contributed by atoms with Crippen LogP contribution in [0.2, 0.25) is 0 Å². The van der Waals surface area contributed by atoms with Gasteiger partial charge in [-0.1, -0.05) is 24.3 Å². The van der Waals surface area contributed by atoms with E-state index in [4.69, 9.17) is 0 Å². The monoisotopic (exact) mass is 204 g/mol. The Bertz CT molecular complexity index is 378. The van der Waals surface area contributed by atoms with Crippen molar-refractivity contribution in [1.82, 2.24) is 0 Å². The zero-order valence-corrected chi connectivity index (χ0v) is 8.99. The highest BCUT2D eigenvalue weighted by Gasteiger charge is 2.39. The Morgan fingerprint density at radius 3 is 2.67 bits per heavy atom. The number of benzene rings is 1. The SMILES string of the molecule is CC(=O)Cc1cccc(CC2(O)CC2)c1. The van der Waals surface area contributed by atoms with E-state index in [9.17, 15) is 9.90 Å². The first-order valence-corrected chi connectivity index (χ1v) is 5.37. The Morgan fingerprint density at radius 2 is 2.07 bits per heavy atom. The van der Waals surface area contributed by atoms with Crippen molar-refractivity contribution in [3.8, 4) is 0 Å². The lowest BCUT2D eigenvalue weighted by molar-refractivity contribution is -0.116. The van der Waals surface area contributed by atoms with Crippen LogP contribution in [0.25, 0.3) is 0 Å². The van der Waals surface area contributed by atoms with Crippen LogP contribution < -0.4 is 0 Å². The van der Waals surface area contributed by atoms with Crippen LogP contribution in [0.15, 0.2) is 24.3 Å². The van der Waals surface area contributed by atoms with Gasteiger partial charge in [-0.05, 0) is 30.9 Å². The van der Waals surface area contributed by atoms with Crippen molar-refractivity contribution in [3.63, 3.8) is 0 Å². The Morgan fingerprint density at radius 1 is 1.40 bits per heavy atom. The van der Waals surface area contributed by atoms with Crippen LogP contribution in [-0.2, 0) is 17.6 Å². The molecule has 1 fully saturated rings. The molecule has 2 nitrogen and oxygen atoms in total. The van der Waals surface area contributed by atoms with Gasteiger partial charge >= 0.3 is 0 Å². The van der Waals surface area contributed by atoms with E-state index >= 15 is 0 Å². The smallest absolute Gasteiger partial charge is 0.134 e. The number of ketones is 1. The van der Waals surface area contributed by atoms with Crippen LogP contribution in [0.3, 0.4) is 0 Å². The van der Waals surface area contributed by atoms with Gasteiger partial charge in [-0.3, -0.25) is 4.79 Å². The molecule has 0 saturated heterocycles. The van der Waals surface area contributed by atoms with E-state index in [0.717, 1.165) is 30.4 Å². The predicted octanol–water partition coefficient (Wildman–Crippen LogP) is 1.89. The zero-order valence-electron chi connectivity index (χ0n) is 8.99. The summed E-state index contributed by atoms with van der Waals surface area (Å²) < 4.78 is 0. The highest BCUT2D eigenvalue weighted by atomic mass is 16.3. The molecule has 2 heteroatoms. The number of hydrogen-bond acceptors (Lipinski definition) is 2. The summed E-state index contributed by atoms with van der Waals surface area (Å²) in [5.74, 6) is 0.178. The summed E-state index contributed by atoms with van der Waals surface area (Å²) in [5, 5.41) is 9.79. The van der Waals surface area contributed by atoms with Gasteiger partial charge < -0.3 is 5.11 Å². The van der Waals surface area contributed by atoms with Crippen molar-refractivity contribution in [2.45, 2.75) is 38.2 Å². The Balaban J connectivity index is 2.08. The molecule has 0 aliphatic heterocycles. The molecule has 2 rings (SSSR count). The van der Waals surface area contributed by atoms with Crippen LogP contribution >= 0.6 is 0 Å². The van der Waals surface area contributed by atoms with E-state index in [1.807, 2.05) is 24.3 Å². The van der Waals surface area contributed by atoms with Gasteiger partial charge in [0.15, 0.2) is 0 Å². The fraction of sp³-hybridized carbons (Fsp3) is 0.462. The molecule has 0 radical (unpaired) electrons. The van der Waals surface area contributed by atoms with Gasteiger partial charge in [-0.15, -0.1) is 0 Å². The van der Waals surface area contributed by atoms with Gasteiger partial charge in [0.25, 0.3) is 0 Å². The third-order valence-corrected chi connectivity index (χ3v) is 2.80. The molecule has 1 aliphatic carbocycles. The Hall–Kier alpha value is -1.15. The summed E-state index contributed by atoms with van der Waals surface area (Å²) in [6, 6.07) is 7.96. The summed E-state index contributed by atoms with van der Waals surface area (Å²) in [4.78, 5) is 11.0. The highest BCUT2D eigenvalue weighted by Crippen LogP contribution is 2.38. The lowest BCUT2D eigenvalue weighted by Crippen LogP contribution is -2.10. The maximum atomic E-state index is 11.0. The molecular formula is C13H16O2. The van der Waals surface area contributed by atoms with Gasteiger partial charge in [0.2, 0.25) is 0 Å². The number of Topliss-reactive ketones (excluding diaryl/α,β-unsaturated/α-hetero) is 1. The number of rotatable bonds is 4. The van der Waals surface area contributed by atoms with Crippen molar-refractivity contribution in [2.75, 3.05) is 0 Å². The minimum Gasteiger partial charge on any atom is -0.390 e. The van der Waals surface area contributed by atoms with Gasteiger partial charge in [-0.25, -0.2) is 0 Å². The molecule has 0 aromatic heterocycles. The summed E-state index contributed by atoms with van der Waals surface area (Å²) in [7, 11) is 0. The quantitative estimate of drug-likeness (QED) is 0.813. The summed E-state index contributed by atoms with van der Waals surface area (Å²) >= 11 is 0. The molecule has 0 atom stereocenters. The van der Waals surface area contributed by atoms with Crippen LogP contribution in [-0.4, -0.2) is 16.5 Å². The molecule has 1 saturated carbocycles. The minimum absolute atomic E-state index is 0.178. The highest BCUT2D eigenvalue weighted by molar-refractivity contribution is 5.78. The van der Waals surface area contributed by atoms with Gasteiger partial charge in [0.1, 0.15) is 5.78 Å². The number of aliphatic hydroxyl groups is 1. The predicted molar refractivity (Wildman–Crippen MR) is 58.7 cm³/mol. The standard InChI is InChI=1S/C13H16O2/c1-10(14)7-11-3-2-4-12(8-11)9-13(15)5-6-13/h2-4,8,15H,5-7,9H2,1H3. The van der Waals surface area contributed by atoms with Crippen molar-refractivity contribution >= 4 is 5.78 Å². The molecule has 0 bridgehead atoms. The van der Waals surface area contributed by atoms with E-state index in [1.165, 1.54) is 0 Å². The van der Waals surface area contributed by atoms with Crippen LogP contribution in [0.1, 0.15) is 30.9 Å². The lowest BCUT2D eigenvalue weighted by atomic mass is 10.0. The Kier molecular flexibility index (Phi) is 2.61. The van der Waals surface area contributed by atoms with Crippen molar-refractivity contribution < 1.29 is 9.90 Å². The molecule has 1 aromatic carbocycles. The first-order chi connectivity index (χ1) is 7.07. The van der Waals surface area contributed by atoms with E-state index < -0.39 is 5.60 Å². The zero-order chi connectivity index (χ0) is 10.9. The topological polar surface area (TPSA) is 37.3 Å². The number of carbonyl (C=O) groups excluding carboxylic acids is 1. The number of hydrogen-bond donors (Lipinski definition) is 1. The average molecular weight is 204 g/mol. The fourth-order valence-corrected chi connectivity index (χ4v) is 1.84. The van der Waals surface area contributed by atoms with Gasteiger partial charge in [0.05, 0.1) is 5.60 Å². The van der Waals surface area contributed by atoms with Gasteiger partial charge in [0, 0.05) is 12.8 Å². The normalized spacial score (nSPS) is 17.5.